The molecule has 0 bridgehead atoms. The summed E-state index contributed by atoms with van der Waals surface area (Å²) in [4.78, 5) is 22.9. The second-order valence-corrected chi connectivity index (χ2v) is 4.07. The fourth-order valence-corrected chi connectivity index (χ4v) is 1.81. The number of ether oxygens (including phenoxy) is 1. The Hall–Kier alpha value is -2.35. The third kappa shape index (κ3) is 2.86. The summed E-state index contributed by atoms with van der Waals surface area (Å²) in [5, 5.41) is 11.4. The quantitative estimate of drug-likeness (QED) is 0.787. The average molecular weight is 244 g/mol. The number of nitriles is 1. The number of cyclic esters (lactones) is 1. The number of nitrogens with one attached hydrogen (secondary N) is 1. The summed E-state index contributed by atoms with van der Waals surface area (Å²) in [6, 6.07) is 8.32. The summed E-state index contributed by atoms with van der Waals surface area (Å²) in [5.41, 5.74) is 1.26. The Morgan fingerprint density at radius 1 is 1.56 bits per heavy atom. The number of benzene rings is 1. The zero-order valence-electron chi connectivity index (χ0n) is 9.68. The van der Waals surface area contributed by atoms with Gasteiger partial charge in [0, 0.05) is 6.42 Å². The molecular formula is C13H12N2O3. The van der Waals surface area contributed by atoms with Gasteiger partial charge in [0.25, 0.3) is 0 Å². The smallest absolute Gasteiger partial charge is 0.328 e. The summed E-state index contributed by atoms with van der Waals surface area (Å²) in [6.45, 7) is 0.355. The third-order valence-corrected chi connectivity index (χ3v) is 2.69. The van der Waals surface area contributed by atoms with Crippen LogP contribution in [-0.2, 0) is 20.7 Å². The van der Waals surface area contributed by atoms with Crippen LogP contribution in [0.15, 0.2) is 24.3 Å². The fraction of sp³-hybridized carbons (Fsp3) is 0.308. The van der Waals surface area contributed by atoms with E-state index in [0.29, 0.717) is 18.6 Å². The summed E-state index contributed by atoms with van der Waals surface area (Å²) in [6.07, 6.45) is 0.669. The van der Waals surface area contributed by atoms with E-state index in [1.165, 1.54) is 0 Å². The lowest BCUT2D eigenvalue weighted by molar-refractivity contribution is -0.141. The topological polar surface area (TPSA) is 79.2 Å². The van der Waals surface area contributed by atoms with Crippen molar-refractivity contribution in [2.24, 2.45) is 0 Å². The standard InChI is InChI=1S/C13H12N2O3/c14-8-10-3-1-2-9(6-10)7-12(16)15-11-4-5-18-13(11)17/h1-3,6,11H,4-5,7H2,(H,15,16). The maximum atomic E-state index is 11.7. The molecule has 0 saturated carbocycles. The lowest BCUT2D eigenvalue weighted by Gasteiger charge is -2.08. The number of rotatable bonds is 3. The first-order valence-electron chi connectivity index (χ1n) is 5.64. The first-order chi connectivity index (χ1) is 8.69. The molecule has 1 N–H and O–H groups in total. The highest BCUT2D eigenvalue weighted by Crippen LogP contribution is 2.08. The summed E-state index contributed by atoms with van der Waals surface area (Å²) >= 11 is 0. The molecular weight excluding hydrogens is 232 g/mol. The second kappa shape index (κ2) is 5.32. The van der Waals surface area contributed by atoms with Gasteiger partial charge in [0.05, 0.1) is 24.7 Å². The van der Waals surface area contributed by atoms with Crippen LogP contribution >= 0.6 is 0 Å². The Bertz CT molecular complexity index is 519. The van der Waals surface area contributed by atoms with Crippen molar-refractivity contribution in [3.05, 3.63) is 35.4 Å². The molecule has 2 rings (SSSR count). The zero-order chi connectivity index (χ0) is 13.0. The Labute approximate surface area is 104 Å². The van der Waals surface area contributed by atoms with Crippen LogP contribution < -0.4 is 5.32 Å². The molecule has 1 aromatic rings. The van der Waals surface area contributed by atoms with Gasteiger partial charge in [-0.1, -0.05) is 12.1 Å². The maximum absolute atomic E-state index is 11.7. The Morgan fingerprint density at radius 2 is 2.39 bits per heavy atom. The molecule has 0 spiro atoms. The Balaban J connectivity index is 1.94. The number of carbonyl (C=O) groups excluding carboxylic acids is 2. The number of hydrogen-bond acceptors (Lipinski definition) is 4. The lowest BCUT2D eigenvalue weighted by atomic mass is 10.1. The van der Waals surface area contributed by atoms with Crippen LogP contribution in [0.5, 0.6) is 0 Å². The molecule has 0 aliphatic carbocycles. The number of esters is 1. The molecule has 0 radical (unpaired) electrons. The maximum Gasteiger partial charge on any atom is 0.328 e. The van der Waals surface area contributed by atoms with Gasteiger partial charge in [0.15, 0.2) is 0 Å². The van der Waals surface area contributed by atoms with E-state index in [4.69, 9.17) is 10.00 Å². The van der Waals surface area contributed by atoms with Crippen molar-refractivity contribution in [3.8, 4) is 6.07 Å². The van der Waals surface area contributed by atoms with Crippen LogP contribution in [0.1, 0.15) is 17.5 Å². The van der Waals surface area contributed by atoms with Crippen molar-refractivity contribution in [3.63, 3.8) is 0 Å². The molecule has 18 heavy (non-hydrogen) atoms. The van der Waals surface area contributed by atoms with Gasteiger partial charge < -0.3 is 10.1 Å². The third-order valence-electron chi connectivity index (χ3n) is 2.69. The van der Waals surface area contributed by atoms with E-state index in [-0.39, 0.29) is 18.3 Å². The monoisotopic (exact) mass is 244 g/mol. The predicted octanol–water partition coefficient (Wildman–Crippen LogP) is 0.532. The minimum atomic E-state index is -0.531. The van der Waals surface area contributed by atoms with Crippen LogP contribution in [0.3, 0.4) is 0 Å². The second-order valence-electron chi connectivity index (χ2n) is 4.07. The molecule has 1 amide bonds. The average Bonchev–Trinajstić information content (AvgIpc) is 2.75. The molecule has 1 fully saturated rings. The highest BCUT2D eigenvalue weighted by atomic mass is 16.5. The van der Waals surface area contributed by atoms with Crippen molar-refractivity contribution in [1.29, 1.82) is 5.26 Å². The first kappa shape index (κ1) is 12.1. The van der Waals surface area contributed by atoms with Crippen LogP contribution in [0, 0.1) is 11.3 Å². The minimum Gasteiger partial charge on any atom is -0.464 e. The molecule has 1 saturated heterocycles. The molecule has 92 valence electrons. The van der Waals surface area contributed by atoms with Crippen molar-refractivity contribution in [2.75, 3.05) is 6.61 Å². The highest BCUT2D eigenvalue weighted by molar-refractivity contribution is 5.86. The highest BCUT2D eigenvalue weighted by Gasteiger charge is 2.27. The largest absolute Gasteiger partial charge is 0.464 e. The van der Waals surface area contributed by atoms with E-state index in [2.05, 4.69) is 5.32 Å². The molecule has 1 atom stereocenters. The van der Waals surface area contributed by atoms with E-state index < -0.39 is 6.04 Å². The SMILES string of the molecule is N#Cc1cccc(CC(=O)NC2CCOC2=O)c1. The number of carbonyl (C=O) groups is 2. The lowest BCUT2D eigenvalue weighted by Crippen LogP contribution is -2.38. The minimum absolute atomic E-state index is 0.152. The molecule has 1 aromatic carbocycles. The first-order valence-corrected chi connectivity index (χ1v) is 5.64. The molecule has 1 aliphatic rings. The molecule has 5 nitrogen and oxygen atoms in total. The summed E-state index contributed by atoms with van der Waals surface area (Å²) < 4.78 is 4.76. The van der Waals surface area contributed by atoms with Crippen LogP contribution in [0.25, 0.3) is 0 Å². The molecule has 1 aliphatic heterocycles. The van der Waals surface area contributed by atoms with Gasteiger partial charge in [-0.3, -0.25) is 4.79 Å². The summed E-state index contributed by atoms with van der Waals surface area (Å²) in [5.74, 6) is -0.622. The van der Waals surface area contributed by atoms with E-state index in [0.717, 1.165) is 5.56 Å². The van der Waals surface area contributed by atoms with Crippen molar-refractivity contribution < 1.29 is 14.3 Å². The summed E-state index contributed by atoms with van der Waals surface area (Å²) in [7, 11) is 0. The van der Waals surface area contributed by atoms with Crippen LogP contribution in [0.4, 0.5) is 0 Å². The molecule has 0 aromatic heterocycles. The van der Waals surface area contributed by atoms with Gasteiger partial charge in [-0.05, 0) is 17.7 Å². The van der Waals surface area contributed by atoms with Gasteiger partial charge in [-0.15, -0.1) is 0 Å². The van der Waals surface area contributed by atoms with Crippen LogP contribution in [0.2, 0.25) is 0 Å². The van der Waals surface area contributed by atoms with Crippen molar-refractivity contribution >= 4 is 11.9 Å². The number of amides is 1. The molecule has 5 heteroatoms. The van der Waals surface area contributed by atoms with Crippen LogP contribution in [-0.4, -0.2) is 24.5 Å². The predicted molar refractivity (Wildman–Crippen MR) is 62.4 cm³/mol. The zero-order valence-corrected chi connectivity index (χ0v) is 9.68. The Morgan fingerprint density at radius 3 is 3.06 bits per heavy atom. The van der Waals surface area contributed by atoms with E-state index in [1.54, 1.807) is 24.3 Å². The van der Waals surface area contributed by atoms with E-state index in [9.17, 15) is 9.59 Å². The number of hydrogen-bond donors (Lipinski definition) is 1. The van der Waals surface area contributed by atoms with Gasteiger partial charge in [-0.2, -0.15) is 5.26 Å². The normalized spacial score (nSPS) is 17.9. The van der Waals surface area contributed by atoms with Gasteiger partial charge >= 0.3 is 5.97 Å². The van der Waals surface area contributed by atoms with Gasteiger partial charge in [0.2, 0.25) is 5.91 Å². The van der Waals surface area contributed by atoms with Crippen molar-refractivity contribution in [2.45, 2.75) is 18.9 Å². The molecule has 1 unspecified atom stereocenters. The van der Waals surface area contributed by atoms with E-state index in [1.807, 2.05) is 6.07 Å². The van der Waals surface area contributed by atoms with Gasteiger partial charge in [-0.25, -0.2) is 4.79 Å². The van der Waals surface area contributed by atoms with E-state index >= 15 is 0 Å². The molecule has 1 heterocycles. The number of nitrogens with zero attached hydrogens (tertiary/aromatic N) is 1. The fourth-order valence-electron chi connectivity index (χ4n) is 1.81. The van der Waals surface area contributed by atoms with Crippen molar-refractivity contribution in [1.82, 2.24) is 5.32 Å². The Kier molecular flexibility index (Phi) is 3.58. The van der Waals surface area contributed by atoms with Gasteiger partial charge in [0.1, 0.15) is 6.04 Å².